The van der Waals surface area contributed by atoms with Gasteiger partial charge in [0.15, 0.2) is 0 Å². The van der Waals surface area contributed by atoms with Gasteiger partial charge in [0.05, 0.1) is 33.3 Å². The van der Waals surface area contributed by atoms with Crippen molar-refractivity contribution in [2.45, 2.75) is 26.8 Å². The number of halogens is 3. The van der Waals surface area contributed by atoms with Gasteiger partial charge in [0.25, 0.3) is 11.7 Å². The zero-order chi connectivity index (χ0) is 25.0. The van der Waals surface area contributed by atoms with Crippen LogP contribution in [-0.4, -0.2) is 59.4 Å². The van der Waals surface area contributed by atoms with E-state index in [4.69, 9.17) is 39.5 Å². The quantitative estimate of drug-likeness (QED) is 0.254. The van der Waals surface area contributed by atoms with Crippen molar-refractivity contribution in [1.82, 2.24) is 9.80 Å². The van der Waals surface area contributed by atoms with Crippen molar-refractivity contribution < 1.29 is 19.4 Å². The number of likely N-dealkylation sites (tertiary alicyclic amines) is 1. The maximum absolute atomic E-state index is 13.2. The summed E-state index contributed by atoms with van der Waals surface area (Å²) in [5, 5.41) is 12.1. The molecule has 0 aliphatic carbocycles. The number of aliphatic hydroxyl groups is 1. The number of aliphatic hydroxyl groups excluding tert-OH is 1. The van der Waals surface area contributed by atoms with Crippen molar-refractivity contribution in [2.24, 2.45) is 0 Å². The van der Waals surface area contributed by atoms with Crippen LogP contribution < -0.4 is 4.74 Å². The van der Waals surface area contributed by atoms with Crippen molar-refractivity contribution in [1.29, 1.82) is 0 Å². The Balaban J connectivity index is 2.12. The first-order valence-corrected chi connectivity index (χ1v) is 12.2. The minimum Gasteiger partial charge on any atom is -0.507 e. The Hall–Kier alpha value is -2.25. The van der Waals surface area contributed by atoms with Crippen LogP contribution in [0.15, 0.2) is 42.0 Å². The van der Waals surface area contributed by atoms with Crippen LogP contribution in [0.3, 0.4) is 0 Å². The highest BCUT2D eigenvalue weighted by molar-refractivity contribution is 6.47. The number of benzene rings is 2. The maximum Gasteiger partial charge on any atom is 0.295 e. The molecule has 3 rings (SSSR count). The lowest BCUT2D eigenvalue weighted by molar-refractivity contribution is -0.140. The average molecular weight is 526 g/mol. The third-order valence-corrected chi connectivity index (χ3v) is 6.89. The van der Waals surface area contributed by atoms with Crippen molar-refractivity contribution >= 4 is 52.3 Å². The molecule has 0 bridgehead atoms. The molecule has 1 unspecified atom stereocenters. The smallest absolute Gasteiger partial charge is 0.295 e. The molecule has 0 saturated carbocycles. The molecule has 6 nitrogen and oxygen atoms in total. The molecule has 2 aromatic rings. The summed E-state index contributed by atoms with van der Waals surface area (Å²) in [5.74, 6) is -1.30. The maximum atomic E-state index is 13.2. The number of hydrogen-bond donors (Lipinski definition) is 1. The van der Waals surface area contributed by atoms with Gasteiger partial charge in [-0.15, -0.1) is 0 Å². The molecule has 1 amide bonds. The number of ketones is 1. The number of nitrogens with zero attached hydrogens (tertiary/aromatic N) is 2. The van der Waals surface area contributed by atoms with Crippen LogP contribution in [0, 0.1) is 0 Å². The summed E-state index contributed by atoms with van der Waals surface area (Å²) in [7, 11) is 0. The van der Waals surface area contributed by atoms with Crippen molar-refractivity contribution in [3.63, 3.8) is 0 Å². The van der Waals surface area contributed by atoms with E-state index in [1.807, 2.05) is 20.8 Å². The molecule has 1 atom stereocenters. The molecule has 1 aliphatic rings. The summed E-state index contributed by atoms with van der Waals surface area (Å²) in [5.41, 5.74) is 0.857. The van der Waals surface area contributed by atoms with E-state index in [9.17, 15) is 14.7 Å². The summed E-state index contributed by atoms with van der Waals surface area (Å²) in [6.07, 6.45) is 0. The second-order valence-electron chi connectivity index (χ2n) is 7.77. The highest BCUT2D eigenvalue weighted by atomic mass is 35.5. The lowest BCUT2D eigenvalue weighted by atomic mass is 9.95. The van der Waals surface area contributed by atoms with E-state index in [1.54, 1.807) is 30.3 Å². The molecule has 1 N–H and O–H groups in total. The zero-order valence-corrected chi connectivity index (χ0v) is 21.5. The fourth-order valence-electron chi connectivity index (χ4n) is 4.00. The zero-order valence-electron chi connectivity index (χ0n) is 19.3. The number of rotatable bonds is 9. The number of likely N-dealkylation sites (N-methyl/N-ethyl adjacent to an activating group) is 1. The van der Waals surface area contributed by atoms with Crippen LogP contribution in [0.5, 0.6) is 5.75 Å². The Kier molecular flexibility index (Phi) is 8.88. The number of hydrogen-bond acceptors (Lipinski definition) is 5. The van der Waals surface area contributed by atoms with Gasteiger partial charge in [0.1, 0.15) is 11.5 Å². The molecule has 0 radical (unpaired) electrons. The first-order chi connectivity index (χ1) is 16.2. The summed E-state index contributed by atoms with van der Waals surface area (Å²) in [6, 6.07) is 8.83. The Morgan fingerprint density at radius 1 is 1.00 bits per heavy atom. The van der Waals surface area contributed by atoms with Gasteiger partial charge in [-0.05, 0) is 55.9 Å². The van der Waals surface area contributed by atoms with E-state index >= 15 is 0 Å². The van der Waals surface area contributed by atoms with Gasteiger partial charge in [-0.25, -0.2) is 0 Å². The third-order valence-electron chi connectivity index (χ3n) is 5.86. The van der Waals surface area contributed by atoms with E-state index in [-0.39, 0.29) is 21.4 Å². The Bertz CT molecular complexity index is 1120. The second-order valence-corrected chi connectivity index (χ2v) is 8.99. The summed E-state index contributed by atoms with van der Waals surface area (Å²) in [6.45, 7) is 8.82. The van der Waals surface area contributed by atoms with E-state index < -0.39 is 17.7 Å². The standard InChI is InChI=1S/C25H27Cl3N2O4/c1-4-29(5-2)11-12-30-22(15-7-9-17(26)18(27)13-15)21(24(32)25(30)33)23(31)16-8-10-20(34-6-3)19(28)14-16/h7-10,13-14,22,31H,4-6,11-12H2,1-3H3/b23-21-. The van der Waals surface area contributed by atoms with E-state index in [1.165, 1.54) is 11.0 Å². The molecule has 1 fully saturated rings. The van der Waals surface area contributed by atoms with Gasteiger partial charge < -0.3 is 19.6 Å². The normalized spacial score (nSPS) is 17.6. The SMILES string of the molecule is CCOc1ccc(/C(O)=C2/C(=O)C(=O)N(CCN(CC)CC)C2c2ccc(Cl)c(Cl)c2)cc1Cl. The molecule has 1 saturated heterocycles. The van der Waals surface area contributed by atoms with Gasteiger partial charge in [-0.3, -0.25) is 9.59 Å². The second kappa shape index (κ2) is 11.5. The number of carbonyl (C=O) groups is 2. The van der Waals surface area contributed by atoms with Crippen LogP contribution in [-0.2, 0) is 9.59 Å². The lowest BCUT2D eigenvalue weighted by Gasteiger charge is -2.28. The summed E-state index contributed by atoms with van der Waals surface area (Å²) < 4.78 is 5.45. The molecule has 9 heteroatoms. The minimum atomic E-state index is -0.823. The van der Waals surface area contributed by atoms with E-state index in [0.29, 0.717) is 41.6 Å². The van der Waals surface area contributed by atoms with Crippen LogP contribution >= 0.6 is 34.8 Å². The predicted molar refractivity (Wildman–Crippen MR) is 136 cm³/mol. The van der Waals surface area contributed by atoms with Gasteiger partial charge in [-0.1, -0.05) is 54.7 Å². The van der Waals surface area contributed by atoms with Crippen molar-refractivity contribution in [3.8, 4) is 5.75 Å². The molecular formula is C25H27Cl3N2O4. The number of Topliss-reactive ketones (excluding diaryl/α,β-unsaturated/α-hetero) is 1. The van der Waals surface area contributed by atoms with Gasteiger partial charge in [-0.2, -0.15) is 0 Å². The average Bonchev–Trinajstić information content (AvgIpc) is 3.07. The highest BCUT2D eigenvalue weighted by Crippen LogP contribution is 2.41. The molecule has 0 aromatic heterocycles. The first kappa shape index (κ1) is 26.4. The van der Waals surface area contributed by atoms with Crippen molar-refractivity contribution in [3.05, 3.63) is 68.2 Å². The van der Waals surface area contributed by atoms with E-state index in [0.717, 1.165) is 13.1 Å². The topological polar surface area (TPSA) is 70.1 Å². The third kappa shape index (κ3) is 5.36. The Labute approximate surface area is 214 Å². The highest BCUT2D eigenvalue weighted by Gasteiger charge is 2.46. The molecule has 182 valence electrons. The fourth-order valence-corrected chi connectivity index (χ4v) is 4.55. The summed E-state index contributed by atoms with van der Waals surface area (Å²) in [4.78, 5) is 29.9. The monoisotopic (exact) mass is 524 g/mol. The number of amides is 1. The molecule has 2 aromatic carbocycles. The number of carbonyl (C=O) groups excluding carboxylic acids is 2. The summed E-state index contributed by atoms with van der Waals surface area (Å²) >= 11 is 18.7. The minimum absolute atomic E-state index is 0.0248. The number of ether oxygens (including phenoxy) is 1. The molecule has 1 aliphatic heterocycles. The molecule has 0 spiro atoms. The van der Waals surface area contributed by atoms with Gasteiger partial charge >= 0.3 is 0 Å². The Morgan fingerprint density at radius 2 is 1.71 bits per heavy atom. The molecule has 1 heterocycles. The van der Waals surface area contributed by atoms with Crippen molar-refractivity contribution in [2.75, 3.05) is 32.8 Å². The predicted octanol–water partition coefficient (Wildman–Crippen LogP) is 5.81. The largest absolute Gasteiger partial charge is 0.507 e. The van der Waals surface area contributed by atoms with Crippen LogP contribution in [0.4, 0.5) is 0 Å². The first-order valence-electron chi connectivity index (χ1n) is 11.1. The van der Waals surface area contributed by atoms with E-state index in [2.05, 4.69) is 4.90 Å². The molecular weight excluding hydrogens is 499 g/mol. The van der Waals surface area contributed by atoms with Crippen LogP contribution in [0.2, 0.25) is 15.1 Å². The van der Waals surface area contributed by atoms with Crippen LogP contribution in [0.25, 0.3) is 5.76 Å². The van der Waals surface area contributed by atoms with Crippen LogP contribution in [0.1, 0.15) is 37.9 Å². The van der Waals surface area contributed by atoms with Gasteiger partial charge in [0.2, 0.25) is 0 Å². The Morgan fingerprint density at radius 3 is 2.29 bits per heavy atom. The van der Waals surface area contributed by atoms with Gasteiger partial charge in [0, 0.05) is 18.7 Å². The lowest BCUT2D eigenvalue weighted by Crippen LogP contribution is -2.38. The molecule has 34 heavy (non-hydrogen) atoms. The fraction of sp³-hybridized carbons (Fsp3) is 0.360.